The molecule has 11 heteroatoms. The lowest BCUT2D eigenvalue weighted by Crippen LogP contribution is -2.31. The number of aromatic nitrogens is 3. The first-order valence-corrected chi connectivity index (χ1v) is 16.6. The summed E-state index contributed by atoms with van der Waals surface area (Å²) in [6, 6.07) is 24.0. The maximum atomic E-state index is 12.5. The monoisotopic (exact) mass is 644 g/mol. The van der Waals surface area contributed by atoms with E-state index in [2.05, 4.69) is 38.7 Å². The van der Waals surface area contributed by atoms with Crippen LogP contribution >= 0.6 is 11.8 Å². The van der Waals surface area contributed by atoms with Crippen LogP contribution in [0, 0.1) is 0 Å². The number of aliphatic hydroxyl groups is 1. The second kappa shape index (κ2) is 17.0. The molecule has 3 unspecified atom stereocenters. The Balaban J connectivity index is 1.22. The van der Waals surface area contributed by atoms with E-state index in [1.807, 2.05) is 54.6 Å². The summed E-state index contributed by atoms with van der Waals surface area (Å²) in [6.07, 6.45) is 4.98. The number of aliphatic carboxylic acids is 1. The fourth-order valence-electron chi connectivity index (χ4n) is 5.43. The summed E-state index contributed by atoms with van der Waals surface area (Å²) in [5.41, 5.74) is 5.87. The molecule has 0 bridgehead atoms. The lowest BCUT2D eigenvalue weighted by atomic mass is 9.97. The third-order valence-electron chi connectivity index (χ3n) is 7.95. The molecule has 1 aromatic heterocycles. The van der Waals surface area contributed by atoms with Crippen molar-refractivity contribution in [3.8, 4) is 11.1 Å². The van der Waals surface area contributed by atoms with E-state index in [1.54, 1.807) is 11.8 Å². The highest BCUT2D eigenvalue weighted by Crippen LogP contribution is 2.39. The first-order valence-electron chi connectivity index (χ1n) is 15.6. The summed E-state index contributed by atoms with van der Waals surface area (Å²) in [6.45, 7) is 0.416. The van der Waals surface area contributed by atoms with E-state index in [0.717, 1.165) is 57.8 Å². The van der Waals surface area contributed by atoms with Gasteiger partial charge in [-0.2, -0.15) is 5.10 Å². The highest BCUT2D eigenvalue weighted by atomic mass is 32.2. The van der Waals surface area contributed by atoms with E-state index in [-0.39, 0.29) is 31.1 Å². The molecule has 1 fully saturated rings. The minimum absolute atomic E-state index is 0.00653. The molecule has 1 aliphatic heterocycles. The number of rotatable bonds is 16. The Morgan fingerprint density at radius 2 is 1.65 bits per heavy atom. The topological polar surface area (TPSA) is 147 Å². The molecule has 1 aliphatic rings. The number of nitrogens with zero attached hydrogens (tertiary/aromatic N) is 2. The third-order valence-corrected chi connectivity index (χ3v) is 8.95. The van der Waals surface area contributed by atoms with Gasteiger partial charge in [-0.15, -0.1) is 0 Å². The number of benzene rings is 3. The number of aromatic amines is 1. The van der Waals surface area contributed by atoms with Gasteiger partial charge in [0.1, 0.15) is 6.33 Å². The normalized spacial score (nSPS) is 17.9. The molecule has 0 spiro atoms. The van der Waals surface area contributed by atoms with Crippen molar-refractivity contribution >= 4 is 23.6 Å². The summed E-state index contributed by atoms with van der Waals surface area (Å²) in [4.78, 5) is 27.3. The molecule has 1 amide bonds. The van der Waals surface area contributed by atoms with Crippen LogP contribution in [0.15, 0.2) is 84.3 Å². The minimum Gasteiger partial charge on any atom is -0.481 e. The number of carboxylic acid groups (broad SMARTS) is 1. The number of carboxylic acids is 1. The average molecular weight is 645 g/mol. The predicted molar refractivity (Wildman–Crippen MR) is 175 cm³/mol. The van der Waals surface area contributed by atoms with Crippen molar-refractivity contribution in [2.45, 2.75) is 81.8 Å². The number of ether oxygens (including phenoxy) is 2. The smallest absolute Gasteiger partial charge is 0.303 e. The molecule has 0 aliphatic carbocycles. The summed E-state index contributed by atoms with van der Waals surface area (Å²) in [5.74, 6) is -0.103. The van der Waals surface area contributed by atoms with E-state index < -0.39 is 12.3 Å². The molecule has 5 rings (SSSR count). The summed E-state index contributed by atoms with van der Waals surface area (Å²) >= 11 is 1.56. The number of hydrogen-bond acceptors (Lipinski definition) is 8. The number of nitrogens with one attached hydrogen (secondary N) is 2. The van der Waals surface area contributed by atoms with Crippen LogP contribution in [0.2, 0.25) is 0 Å². The van der Waals surface area contributed by atoms with Crippen LogP contribution < -0.4 is 5.32 Å². The standard InChI is InChI=1S/C35H40N4O6S/c40-21-24-11-13-26(14-12-24)31-19-29(22-46-35-37-23-38-39-35)44-34(45-31)27-17-15-25(16-18-27)30-8-6-5-7-28(30)20-36-32(41)9-3-1-2-4-10-33(42)43/h5-8,11-18,23,29,31,34,40H,1-4,9-10,19-22H2,(H,36,41)(H,42,43)(H,37,38,39). The maximum Gasteiger partial charge on any atom is 0.303 e. The van der Waals surface area contributed by atoms with Crippen LogP contribution in [0.4, 0.5) is 0 Å². The SMILES string of the molecule is O=C(O)CCCCCCC(=O)NCc1ccccc1-c1ccc(C2OC(CSc3ncn[nH]3)CC(c3ccc(CO)cc3)O2)cc1. The molecule has 10 nitrogen and oxygen atoms in total. The Bertz CT molecular complexity index is 1530. The molecule has 2 heterocycles. The van der Waals surface area contributed by atoms with Gasteiger partial charge in [0.15, 0.2) is 11.4 Å². The lowest BCUT2D eigenvalue weighted by Gasteiger charge is -2.36. The molecule has 242 valence electrons. The average Bonchev–Trinajstić information content (AvgIpc) is 3.62. The quantitative estimate of drug-likeness (QED) is 0.0810. The fourth-order valence-corrected chi connectivity index (χ4v) is 6.23. The highest BCUT2D eigenvalue weighted by Gasteiger charge is 2.32. The zero-order valence-electron chi connectivity index (χ0n) is 25.6. The van der Waals surface area contributed by atoms with E-state index in [4.69, 9.17) is 14.6 Å². The van der Waals surface area contributed by atoms with Crippen LogP contribution in [-0.2, 0) is 32.2 Å². The van der Waals surface area contributed by atoms with Gasteiger partial charge < -0.3 is 25.0 Å². The number of amides is 1. The number of aliphatic hydroxyl groups excluding tert-OH is 1. The van der Waals surface area contributed by atoms with Crippen LogP contribution in [0.1, 0.15) is 79.6 Å². The zero-order valence-corrected chi connectivity index (χ0v) is 26.5. The lowest BCUT2D eigenvalue weighted by molar-refractivity contribution is -0.245. The van der Waals surface area contributed by atoms with Gasteiger partial charge in [0.05, 0.1) is 18.8 Å². The van der Waals surface area contributed by atoms with E-state index >= 15 is 0 Å². The van der Waals surface area contributed by atoms with Crippen LogP contribution in [0.25, 0.3) is 11.1 Å². The van der Waals surface area contributed by atoms with Crippen molar-refractivity contribution in [1.82, 2.24) is 20.5 Å². The molecular formula is C35H40N4O6S. The molecule has 4 aromatic rings. The van der Waals surface area contributed by atoms with E-state index in [9.17, 15) is 14.7 Å². The van der Waals surface area contributed by atoms with Gasteiger partial charge in [0.25, 0.3) is 0 Å². The first kappa shape index (κ1) is 33.3. The molecule has 1 saturated heterocycles. The van der Waals surface area contributed by atoms with Gasteiger partial charge in [0.2, 0.25) is 5.91 Å². The van der Waals surface area contributed by atoms with Crippen molar-refractivity contribution in [2.75, 3.05) is 5.75 Å². The second-order valence-corrected chi connectivity index (χ2v) is 12.3. The number of carbonyl (C=O) groups excluding carboxylic acids is 1. The Morgan fingerprint density at radius 3 is 2.37 bits per heavy atom. The van der Waals surface area contributed by atoms with Crippen molar-refractivity contribution in [3.05, 3.63) is 101 Å². The summed E-state index contributed by atoms with van der Waals surface area (Å²) in [7, 11) is 0. The fraction of sp³-hybridized carbons (Fsp3) is 0.371. The molecule has 0 saturated carbocycles. The number of unbranched alkanes of at least 4 members (excludes halogenated alkanes) is 3. The number of carbonyl (C=O) groups is 2. The van der Waals surface area contributed by atoms with E-state index in [1.165, 1.54) is 6.33 Å². The molecule has 3 atom stereocenters. The molecule has 46 heavy (non-hydrogen) atoms. The van der Waals surface area contributed by atoms with Gasteiger partial charge in [-0.1, -0.05) is 97.4 Å². The van der Waals surface area contributed by atoms with Crippen LogP contribution in [0.5, 0.6) is 0 Å². The Morgan fingerprint density at radius 1 is 0.913 bits per heavy atom. The first-order chi connectivity index (χ1) is 22.5. The largest absolute Gasteiger partial charge is 0.481 e. The molecule has 0 radical (unpaired) electrons. The number of hydrogen-bond donors (Lipinski definition) is 4. The van der Waals surface area contributed by atoms with Crippen LogP contribution in [0.3, 0.4) is 0 Å². The minimum atomic E-state index is -0.778. The number of thioether (sulfide) groups is 1. The molecule has 3 aromatic carbocycles. The van der Waals surface area contributed by atoms with Gasteiger partial charge >= 0.3 is 5.97 Å². The van der Waals surface area contributed by atoms with E-state index in [0.29, 0.717) is 31.6 Å². The zero-order chi connectivity index (χ0) is 32.1. The molecular weight excluding hydrogens is 604 g/mol. The number of H-pyrrole nitrogens is 1. The summed E-state index contributed by atoms with van der Waals surface area (Å²) < 4.78 is 12.9. The van der Waals surface area contributed by atoms with Gasteiger partial charge in [-0.05, 0) is 40.7 Å². The third kappa shape index (κ3) is 9.73. The Hall–Kier alpha value is -4.03. The van der Waals surface area contributed by atoms with Crippen molar-refractivity contribution < 1.29 is 29.3 Å². The van der Waals surface area contributed by atoms with Gasteiger partial charge in [-0.25, -0.2) is 4.98 Å². The van der Waals surface area contributed by atoms with Gasteiger partial charge in [0, 0.05) is 37.1 Å². The highest BCUT2D eigenvalue weighted by molar-refractivity contribution is 7.99. The Labute approximate surface area is 272 Å². The van der Waals surface area contributed by atoms with Crippen molar-refractivity contribution in [3.63, 3.8) is 0 Å². The second-order valence-electron chi connectivity index (χ2n) is 11.3. The predicted octanol–water partition coefficient (Wildman–Crippen LogP) is 6.34. The summed E-state index contributed by atoms with van der Waals surface area (Å²) in [5, 5.41) is 28.8. The van der Waals surface area contributed by atoms with Crippen molar-refractivity contribution in [1.29, 1.82) is 0 Å². The van der Waals surface area contributed by atoms with Crippen molar-refractivity contribution in [2.24, 2.45) is 0 Å². The van der Waals surface area contributed by atoms with Crippen LogP contribution in [-0.4, -0.2) is 49.1 Å². The Kier molecular flexibility index (Phi) is 12.4. The maximum absolute atomic E-state index is 12.5. The molecule has 4 N–H and O–H groups in total. The van der Waals surface area contributed by atoms with Gasteiger partial charge in [-0.3, -0.25) is 14.7 Å².